The molecule has 0 fully saturated rings. The second-order valence-corrected chi connectivity index (χ2v) is 4.81. The summed E-state index contributed by atoms with van der Waals surface area (Å²) in [6.45, 7) is -0.366. The molecule has 3 nitrogen and oxygen atoms in total. The van der Waals surface area contributed by atoms with E-state index < -0.39 is 23.2 Å². The number of halogens is 4. The minimum absolute atomic E-state index is 0.0375. The van der Waals surface area contributed by atoms with Crippen LogP contribution in [-0.4, -0.2) is 9.55 Å². The van der Waals surface area contributed by atoms with E-state index in [4.69, 9.17) is 0 Å². The fourth-order valence-electron chi connectivity index (χ4n) is 2.43. The summed E-state index contributed by atoms with van der Waals surface area (Å²) in [5.74, 6) is -0.666. The van der Waals surface area contributed by atoms with E-state index in [0.717, 1.165) is 16.7 Å². The van der Waals surface area contributed by atoms with Gasteiger partial charge in [0.25, 0.3) is 0 Å². The third-order valence-corrected chi connectivity index (χ3v) is 3.39. The van der Waals surface area contributed by atoms with Crippen LogP contribution in [0.3, 0.4) is 0 Å². The zero-order valence-corrected chi connectivity index (χ0v) is 11.1. The minimum Gasteiger partial charge on any atom is -0.305 e. The van der Waals surface area contributed by atoms with Gasteiger partial charge in [0.15, 0.2) is 0 Å². The van der Waals surface area contributed by atoms with Crippen LogP contribution in [0.15, 0.2) is 47.3 Å². The first-order valence-electron chi connectivity index (χ1n) is 6.40. The number of alkyl halides is 3. The molecule has 0 aliphatic rings. The molecule has 1 aromatic heterocycles. The Labute approximate surface area is 121 Å². The van der Waals surface area contributed by atoms with Crippen LogP contribution in [0.5, 0.6) is 0 Å². The first-order chi connectivity index (χ1) is 10.4. The lowest BCUT2D eigenvalue weighted by Gasteiger charge is -2.13. The normalized spacial score (nSPS) is 12.0. The van der Waals surface area contributed by atoms with Gasteiger partial charge in [-0.15, -0.1) is 0 Å². The van der Waals surface area contributed by atoms with E-state index in [9.17, 15) is 22.4 Å². The molecular weight excluding hydrogens is 300 g/mol. The summed E-state index contributed by atoms with van der Waals surface area (Å²) in [6.07, 6.45) is -4.54. The first-order valence-corrected chi connectivity index (χ1v) is 6.40. The van der Waals surface area contributed by atoms with Crippen molar-refractivity contribution < 1.29 is 17.6 Å². The van der Waals surface area contributed by atoms with Crippen molar-refractivity contribution in [3.8, 4) is 0 Å². The average Bonchev–Trinajstić information content (AvgIpc) is 2.76. The van der Waals surface area contributed by atoms with Crippen molar-refractivity contribution in [1.29, 1.82) is 0 Å². The van der Waals surface area contributed by atoms with Gasteiger partial charge >= 0.3 is 11.9 Å². The van der Waals surface area contributed by atoms with E-state index in [1.54, 1.807) is 0 Å². The molecular formula is C15H10F4N2O. The number of aromatic nitrogens is 2. The highest BCUT2D eigenvalue weighted by Crippen LogP contribution is 2.32. The van der Waals surface area contributed by atoms with Crippen molar-refractivity contribution in [1.82, 2.24) is 9.55 Å². The van der Waals surface area contributed by atoms with Gasteiger partial charge < -0.3 is 4.98 Å². The number of imidazole rings is 1. The minimum atomic E-state index is -4.54. The summed E-state index contributed by atoms with van der Waals surface area (Å²) in [7, 11) is 0. The van der Waals surface area contributed by atoms with Gasteiger partial charge in [-0.25, -0.2) is 9.18 Å². The van der Waals surface area contributed by atoms with Gasteiger partial charge in [0.2, 0.25) is 0 Å². The third kappa shape index (κ3) is 2.38. The van der Waals surface area contributed by atoms with Gasteiger partial charge in [-0.05, 0) is 23.8 Å². The number of aromatic amines is 1. The lowest BCUT2D eigenvalue weighted by atomic mass is 10.1. The van der Waals surface area contributed by atoms with Crippen molar-refractivity contribution in [3.63, 3.8) is 0 Å². The van der Waals surface area contributed by atoms with Crippen LogP contribution < -0.4 is 5.69 Å². The maximum atomic E-state index is 13.9. The van der Waals surface area contributed by atoms with Gasteiger partial charge in [-0.2, -0.15) is 13.2 Å². The topological polar surface area (TPSA) is 37.8 Å². The maximum absolute atomic E-state index is 13.9. The van der Waals surface area contributed by atoms with Crippen molar-refractivity contribution in [2.75, 3.05) is 0 Å². The van der Waals surface area contributed by atoms with Gasteiger partial charge in [-0.1, -0.05) is 24.3 Å². The summed E-state index contributed by atoms with van der Waals surface area (Å²) in [5.41, 5.74) is -1.38. The Kier molecular flexibility index (Phi) is 3.27. The Balaban J connectivity index is 2.17. The Morgan fingerprint density at radius 1 is 1.05 bits per heavy atom. The van der Waals surface area contributed by atoms with Crippen molar-refractivity contribution in [2.45, 2.75) is 12.7 Å². The Morgan fingerprint density at radius 2 is 1.77 bits per heavy atom. The van der Waals surface area contributed by atoms with Crippen LogP contribution in [0.1, 0.15) is 11.1 Å². The van der Waals surface area contributed by atoms with Crippen LogP contribution in [-0.2, 0) is 12.7 Å². The fraction of sp³-hybridized carbons (Fsp3) is 0.133. The number of para-hydroxylation sites is 1. The number of hydrogen-bond donors (Lipinski definition) is 1. The predicted molar refractivity (Wildman–Crippen MR) is 73.1 cm³/mol. The molecule has 3 aromatic rings. The molecule has 1 N–H and O–H groups in total. The molecule has 22 heavy (non-hydrogen) atoms. The number of nitrogens with one attached hydrogen (secondary N) is 1. The van der Waals surface area contributed by atoms with Crippen LogP contribution in [0.4, 0.5) is 17.6 Å². The number of hydrogen-bond acceptors (Lipinski definition) is 1. The maximum Gasteiger partial charge on any atom is 0.416 e. The third-order valence-electron chi connectivity index (χ3n) is 3.39. The summed E-state index contributed by atoms with van der Waals surface area (Å²) >= 11 is 0. The predicted octanol–water partition coefficient (Wildman–Crippen LogP) is 3.54. The first kappa shape index (κ1) is 14.4. The Bertz CT molecular complexity index is 892. The fourth-order valence-corrected chi connectivity index (χ4v) is 2.43. The highest BCUT2D eigenvalue weighted by atomic mass is 19.4. The molecule has 0 saturated heterocycles. The van der Waals surface area contributed by atoms with E-state index >= 15 is 0 Å². The molecule has 0 spiro atoms. The molecule has 7 heteroatoms. The molecule has 0 atom stereocenters. The summed E-state index contributed by atoms with van der Waals surface area (Å²) in [4.78, 5) is 14.3. The molecule has 3 rings (SSSR count). The molecule has 114 valence electrons. The average molecular weight is 310 g/mol. The van der Waals surface area contributed by atoms with Crippen LogP contribution in [0.25, 0.3) is 11.0 Å². The van der Waals surface area contributed by atoms with Gasteiger partial charge in [0.1, 0.15) is 11.3 Å². The standard InChI is InChI=1S/C15H10F4N2O/c16-11-6-3-7-12-13(11)21(14(22)20-12)8-9-4-1-2-5-10(9)15(17,18)19/h1-7H,8H2,(H,20,22). The zero-order chi connectivity index (χ0) is 15.9. The number of nitrogens with zero attached hydrogens (tertiary/aromatic N) is 1. The van der Waals surface area contributed by atoms with Crippen LogP contribution >= 0.6 is 0 Å². The number of fused-ring (bicyclic) bond motifs is 1. The van der Waals surface area contributed by atoms with E-state index in [-0.39, 0.29) is 23.1 Å². The lowest BCUT2D eigenvalue weighted by Crippen LogP contribution is -2.20. The van der Waals surface area contributed by atoms with E-state index in [0.29, 0.717) is 0 Å². The highest BCUT2D eigenvalue weighted by molar-refractivity contribution is 5.75. The van der Waals surface area contributed by atoms with Crippen molar-refractivity contribution >= 4 is 11.0 Å². The molecule has 0 aliphatic carbocycles. The molecule has 2 aromatic carbocycles. The second-order valence-electron chi connectivity index (χ2n) is 4.81. The molecule has 0 amide bonds. The van der Waals surface area contributed by atoms with E-state index in [2.05, 4.69) is 4.98 Å². The Morgan fingerprint density at radius 3 is 2.50 bits per heavy atom. The van der Waals surface area contributed by atoms with Crippen molar-refractivity contribution in [3.05, 3.63) is 69.9 Å². The SMILES string of the molecule is O=c1[nH]c2cccc(F)c2n1Cc1ccccc1C(F)(F)F. The lowest BCUT2D eigenvalue weighted by molar-refractivity contribution is -0.138. The van der Waals surface area contributed by atoms with Crippen LogP contribution in [0.2, 0.25) is 0 Å². The summed E-state index contributed by atoms with van der Waals surface area (Å²) < 4.78 is 53.9. The molecule has 0 bridgehead atoms. The molecule has 0 unspecified atom stereocenters. The second kappa shape index (κ2) is 5.01. The monoisotopic (exact) mass is 310 g/mol. The van der Waals surface area contributed by atoms with Gasteiger partial charge in [0.05, 0.1) is 17.6 Å². The number of rotatable bonds is 2. The molecule has 1 heterocycles. The summed E-state index contributed by atoms with van der Waals surface area (Å²) in [5, 5.41) is 0. The number of H-pyrrole nitrogens is 1. The molecule has 0 aliphatic heterocycles. The van der Waals surface area contributed by atoms with E-state index in [1.807, 2.05) is 0 Å². The number of benzene rings is 2. The summed E-state index contributed by atoms with van der Waals surface area (Å²) in [6, 6.07) is 8.99. The smallest absolute Gasteiger partial charge is 0.305 e. The van der Waals surface area contributed by atoms with Gasteiger partial charge in [0, 0.05) is 0 Å². The molecule has 0 radical (unpaired) electrons. The highest BCUT2D eigenvalue weighted by Gasteiger charge is 2.33. The van der Waals surface area contributed by atoms with Crippen LogP contribution in [0, 0.1) is 5.82 Å². The van der Waals surface area contributed by atoms with E-state index in [1.165, 1.54) is 30.3 Å². The van der Waals surface area contributed by atoms with Gasteiger partial charge in [-0.3, -0.25) is 4.57 Å². The Hall–Kier alpha value is -2.57. The van der Waals surface area contributed by atoms with Crippen molar-refractivity contribution in [2.24, 2.45) is 0 Å². The molecule has 0 saturated carbocycles. The zero-order valence-electron chi connectivity index (χ0n) is 11.1. The largest absolute Gasteiger partial charge is 0.416 e. The quantitative estimate of drug-likeness (QED) is 0.722.